The summed E-state index contributed by atoms with van der Waals surface area (Å²) in [7, 11) is 1.61. The number of carbonyl (C=O) groups is 1. The number of quaternary nitrogens is 1. The van der Waals surface area contributed by atoms with E-state index in [9.17, 15) is 14.3 Å². The SMILES string of the molecule is CC/C=C\C/C=C\C/C=C\C/C=C\C/C=C\CCOCC(COP(=O)(O)OCC[N+](C)(C)C)OC(=O)CCCCCCC/C=C\CCCCCCCC. The third-order valence-electron chi connectivity index (χ3n) is 8.27. The molecule has 2 unspecified atom stereocenters. The Morgan fingerprint density at radius 1 is 0.604 bits per heavy atom. The zero-order chi connectivity index (χ0) is 39.1. The van der Waals surface area contributed by atoms with Gasteiger partial charge in [0, 0.05) is 6.42 Å². The van der Waals surface area contributed by atoms with E-state index in [4.69, 9.17) is 18.5 Å². The van der Waals surface area contributed by atoms with Gasteiger partial charge in [-0.05, 0) is 70.6 Å². The number of allylic oxidation sites excluding steroid dienone is 11. The molecule has 0 saturated heterocycles. The summed E-state index contributed by atoms with van der Waals surface area (Å²) in [6.45, 7) is 5.24. The van der Waals surface area contributed by atoms with Crippen LogP contribution in [0.1, 0.15) is 142 Å². The van der Waals surface area contributed by atoms with Crippen LogP contribution < -0.4 is 0 Å². The van der Waals surface area contributed by atoms with Crippen LogP contribution in [0, 0.1) is 0 Å². The average Bonchev–Trinajstić information content (AvgIpc) is 3.11. The van der Waals surface area contributed by atoms with Gasteiger partial charge in [0.05, 0.1) is 41.0 Å². The molecular weight excluding hydrogens is 685 g/mol. The summed E-state index contributed by atoms with van der Waals surface area (Å²) in [6, 6.07) is 0. The van der Waals surface area contributed by atoms with Gasteiger partial charge in [-0.1, -0.05) is 138 Å². The molecule has 0 aromatic carbocycles. The molecule has 0 spiro atoms. The zero-order valence-electron chi connectivity index (χ0n) is 34.5. The fourth-order valence-electron chi connectivity index (χ4n) is 5.08. The van der Waals surface area contributed by atoms with Crippen LogP contribution >= 0.6 is 7.82 Å². The second kappa shape index (κ2) is 36.9. The van der Waals surface area contributed by atoms with E-state index in [1.807, 2.05) is 21.1 Å². The fourth-order valence-corrected chi connectivity index (χ4v) is 5.82. The minimum absolute atomic E-state index is 0.0704. The van der Waals surface area contributed by atoms with E-state index in [1.54, 1.807) is 0 Å². The molecule has 0 aliphatic heterocycles. The maximum Gasteiger partial charge on any atom is 0.472 e. The van der Waals surface area contributed by atoms with Gasteiger partial charge in [0.1, 0.15) is 19.3 Å². The van der Waals surface area contributed by atoms with Crippen molar-refractivity contribution < 1.29 is 37.3 Å². The quantitative estimate of drug-likeness (QED) is 0.0221. The van der Waals surface area contributed by atoms with Gasteiger partial charge in [-0.2, -0.15) is 0 Å². The Morgan fingerprint density at radius 3 is 1.64 bits per heavy atom. The Balaban J connectivity index is 4.42. The Kier molecular flexibility index (Phi) is 35.5. The molecule has 0 amide bonds. The van der Waals surface area contributed by atoms with Crippen molar-refractivity contribution in [2.45, 2.75) is 148 Å². The van der Waals surface area contributed by atoms with Crippen LogP contribution in [-0.4, -0.2) is 75.6 Å². The molecule has 0 aliphatic carbocycles. The Hall–Kier alpha value is -2.06. The summed E-state index contributed by atoms with van der Waals surface area (Å²) in [4.78, 5) is 22.8. The number of esters is 1. The second-order valence-electron chi connectivity index (χ2n) is 14.6. The highest BCUT2D eigenvalue weighted by molar-refractivity contribution is 7.47. The minimum Gasteiger partial charge on any atom is -0.457 e. The molecule has 0 aromatic rings. The Morgan fingerprint density at radius 2 is 1.09 bits per heavy atom. The molecule has 0 aromatic heterocycles. The number of hydrogen-bond acceptors (Lipinski definition) is 6. The van der Waals surface area contributed by atoms with Crippen molar-refractivity contribution in [1.29, 1.82) is 0 Å². The van der Waals surface area contributed by atoms with Crippen LogP contribution in [0.25, 0.3) is 0 Å². The Bertz CT molecular complexity index is 1070. The van der Waals surface area contributed by atoms with Crippen molar-refractivity contribution >= 4 is 13.8 Å². The van der Waals surface area contributed by atoms with Crippen LogP contribution in [0.3, 0.4) is 0 Å². The molecule has 0 heterocycles. The molecular formula is C44H79NO7P+. The van der Waals surface area contributed by atoms with Crippen molar-refractivity contribution in [3.63, 3.8) is 0 Å². The number of nitrogens with zero attached hydrogens (tertiary/aromatic N) is 1. The molecule has 306 valence electrons. The summed E-state index contributed by atoms with van der Waals surface area (Å²) in [6.07, 6.45) is 46.7. The number of ether oxygens (including phenoxy) is 2. The van der Waals surface area contributed by atoms with Gasteiger partial charge in [0.15, 0.2) is 0 Å². The summed E-state index contributed by atoms with van der Waals surface area (Å²) in [5.41, 5.74) is 0. The number of likely N-dealkylation sites (N-methyl/N-ethyl adjacent to an activating group) is 1. The summed E-state index contributed by atoms with van der Waals surface area (Å²) in [5.74, 6) is -0.351. The molecule has 0 saturated carbocycles. The lowest BCUT2D eigenvalue weighted by atomic mass is 10.1. The van der Waals surface area contributed by atoms with Crippen LogP contribution in [-0.2, 0) is 27.9 Å². The lowest BCUT2D eigenvalue weighted by molar-refractivity contribution is -0.870. The first-order valence-corrected chi connectivity index (χ1v) is 22.2. The van der Waals surface area contributed by atoms with Gasteiger partial charge >= 0.3 is 13.8 Å². The maximum atomic E-state index is 12.7. The van der Waals surface area contributed by atoms with Crippen molar-refractivity contribution in [3.05, 3.63) is 72.9 Å². The van der Waals surface area contributed by atoms with E-state index in [0.717, 1.165) is 64.2 Å². The number of carbonyl (C=O) groups excluding carboxylic acids is 1. The molecule has 8 nitrogen and oxygen atoms in total. The summed E-state index contributed by atoms with van der Waals surface area (Å²) >= 11 is 0. The predicted molar refractivity (Wildman–Crippen MR) is 224 cm³/mol. The van der Waals surface area contributed by atoms with Gasteiger partial charge in [-0.15, -0.1) is 0 Å². The number of phosphoric ester groups is 1. The molecule has 0 radical (unpaired) electrons. The number of hydrogen-bond donors (Lipinski definition) is 1. The van der Waals surface area contributed by atoms with E-state index >= 15 is 0 Å². The predicted octanol–water partition coefficient (Wildman–Crippen LogP) is 11.9. The lowest BCUT2D eigenvalue weighted by Gasteiger charge is -2.24. The second-order valence-corrected chi connectivity index (χ2v) is 16.1. The third-order valence-corrected chi connectivity index (χ3v) is 9.26. The van der Waals surface area contributed by atoms with Crippen molar-refractivity contribution in [2.75, 3.05) is 54.1 Å². The van der Waals surface area contributed by atoms with Gasteiger partial charge in [0.25, 0.3) is 0 Å². The van der Waals surface area contributed by atoms with E-state index in [0.29, 0.717) is 30.5 Å². The highest BCUT2D eigenvalue weighted by Gasteiger charge is 2.26. The fraction of sp³-hybridized carbons (Fsp3) is 0.705. The molecule has 53 heavy (non-hydrogen) atoms. The Labute approximate surface area is 325 Å². The van der Waals surface area contributed by atoms with Crippen LogP contribution in [0.15, 0.2) is 72.9 Å². The molecule has 0 rings (SSSR count). The first kappa shape index (κ1) is 50.9. The lowest BCUT2D eigenvalue weighted by Crippen LogP contribution is -2.37. The van der Waals surface area contributed by atoms with Gasteiger partial charge in [-0.25, -0.2) is 4.57 Å². The third kappa shape index (κ3) is 41.0. The zero-order valence-corrected chi connectivity index (χ0v) is 35.4. The monoisotopic (exact) mass is 765 g/mol. The topological polar surface area (TPSA) is 91.3 Å². The van der Waals surface area contributed by atoms with E-state index in [-0.39, 0.29) is 25.8 Å². The highest BCUT2D eigenvalue weighted by atomic mass is 31.2. The van der Waals surface area contributed by atoms with Crippen LogP contribution in [0.2, 0.25) is 0 Å². The maximum absolute atomic E-state index is 12.7. The summed E-state index contributed by atoms with van der Waals surface area (Å²) in [5, 5.41) is 0. The summed E-state index contributed by atoms with van der Waals surface area (Å²) < 4.78 is 34.8. The molecule has 0 bridgehead atoms. The minimum atomic E-state index is -4.30. The van der Waals surface area contributed by atoms with Crippen LogP contribution in [0.4, 0.5) is 0 Å². The van der Waals surface area contributed by atoms with Crippen molar-refractivity contribution in [3.8, 4) is 0 Å². The number of rotatable bonds is 37. The normalized spacial score (nSPS) is 14.6. The van der Waals surface area contributed by atoms with Gasteiger partial charge in [0.2, 0.25) is 0 Å². The van der Waals surface area contributed by atoms with E-state index in [1.165, 1.54) is 51.4 Å². The van der Waals surface area contributed by atoms with Gasteiger partial charge in [-0.3, -0.25) is 13.8 Å². The van der Waals surface area contributed by atoms with Gasteiger partial charge < -0.3 is 18.9 Å². The molecule has 2 atom stereocenters. The molecule has 0 fully saturated rings. The largest absolute Gasteiger partial charge is 0.472 e. The standard InChI is InChI=1S/C44H78NO7P/c1-6-8-10-12-14-16-18-20-22-24-26-28-30-32-34-36-39-49-41-43(42-51-53(47,48)50-40-38-45(3,4)5)52-44(46)37-35-33-31-29-27-25-23-21-19-17-15-13-11-9-7-2/h8,10,14,16,20-23,26,28,32,34,43H,6-7,9,11-13,15,17-19,24-25,27,29-31,33,35-42H2,1-5H3/p+1/b10-8-,16-14-,22-20-,23-21-,28-26-,34-32-. The first-order valence-electron chi connectivity index (χ1n) is 20.7. The number of phosphoric acid groups is 1. The molecule has 0 aliphatic rings. The van der Waals surface area contributed by atoms with Crippen molar-refractivity contribution in [2.24, 2.45) is 0 Å². The highest BCUT2D eigenvalue weighted by Crippen LogP contribution is 2.43. The van der Waals surface area contributed by atoms with E-state index in [2.05, 4.69) is 86.8 Å². The molecule has 9 heteroatoms. The molecule has 1 N–H and O–H groups in total. The van der Waals surface area contributed by atoms with E-state index < -0.39 is 13.9 Å². The smallest absolute Gasteiger partial charge is 0.457 e. The average molecular weight is 765 g/mol. The van der Waals surface area contributed by atoms with Crippen molar-refractivity contribution in [1.82, 2.24) is 0 Å². The number of unbranched alkanes of at least 4 members (excludes halogenated alkanes) is 11. The van der Waals surface area contributed by atoms with Crippen LogP contribution in [0.5, 0.6) is 0 Å². The first-order chi connectivity index (χ1) is 25.6.